The summed E-state index contributed by atoms with van der Waals surface area (Å²) in [7, 11) is 0. The normalized spacial score (nSPS) is 11.2. The first-order valence-electron chi connectivity index (χ1n) is 5.65. The average molecular weight is 303 g/mol. The molecule has 0 N–H and O–H groups in total. The summed E-state index contributed by atoms with van der Waals surface area (Å²) in [6.45, 7) is 0.229. The number of benzene rings is 2. The molecule has 0 heterocycles. The van der Waals surface area contributed by atoms with Crippen LogP contribution in [-0.4, -0.2) is 6.36 Å². The van der Waals surface area contributed by atoms with E-state index in [0.29, 0.717) is 10.8 Å². The highest BCUT2D eigenvalue weighted by atomic mass is 35.5. The Labute approximate surface area is 118 Å². The van der Waals surface area contributed by atoms with Gasteiger partial charge in [-0.3, -0.25) is 0 Å². The third-order valence-electron chi connectivity index (χ3n) is 2.36. The topological polar surface area (TPSA) is 18.5 Å². The van der Waals surface area contributed by atoms with Crippen molar-refractivity contribution in [3.05, 3.63) is 59.1 Å². The second-order valence-corrected chi connectivity index (χ2v) is 4.37. The van der Waals surface area contributed by atoms with E-state index in [0.717, 1.165) is 5.56 Å². The van der Waals surface area contributed by atoms with Gasteiger partial charge in [-0.25, -0.2) is 0 Å². The van der Waals surface area contributed by atoms with Crippen LogP contribution in [-0.2, 0) is 6.61 Å². The Hall–Kier alpha value is -1.88. The fourth-order valence-electron chi connectivity index (χ4n) is 1.51. The van der Waals surface area contributed by atoms with Crippen LogP contribution in [0.3, 0.4) is 0 Å². The molecule has 6 heteroatoms. The molecule has 0 amide bonds. The van der Waals surface area contributed by atoms with Crippen molar-refractivity contribution in [3.63, 3.8) is 0 Å². The highest BCUT2D eigenvalue weighted by molar-refractivity contribution is 6.30. The molecule has 0 unspecified atom stereocenters. The lowest BCUT2D eigenvalue weighted by Gasteiger charge is -2.10. The number of hydrogen-bond donors (Lipinski definition) is 0. The smallest absolute Gasteiger partial charge is 0.489 e. The first kappa shape index (κ1) is 14.5. The molecule has 2 nitrogen and oxygen atoms in total. The molecule has 20 heavy (non-hydrogen) atoms. The number of alkyl halides is 3. The highest BCUT2D eigenvalue weighted by Gasteiger charge is 2.30. The van der Waals surface area contributed by atoms with Crippen molar-refractivity contribution in [2.75, 3.05) is 0 Å². The molecular formula is C14H10ClF3O2. The fraction of sp³-hybridized carbons (Fsp3) is 0.143. The van der Waals surface area contributed by atoms with Crippen LogP contribution in [0.15, 0.2) is 48.5 Å². The van der Waals surface area contributed by atoms with Gasteiger partial charge in [0.15, 0.2) is 0 Å². The summed E-state index contributed by atoms with van der Waals surface area (Å²) in [5.74, 6) is 0.331. The molecule has 0 radical (unpaired) electrons. The van der Waals surface area contributed by atoms with Crippen LogP contribution in [0.1, 0.15) is 5.56 Å². The third-order valence-corrected chi connectivity index (χ3v) is 2.59. The van der Waals surface area contributed by atoms with E-state index in [1.807, 2.05) is 0 Å². The van der Waals surface area contributed by atoms with Crippen LogP contribution < -0.4 is 9.47 Å². The van der Waals surface area contributed by atoms with Crippen LogP contribution in [0.4, 0.5) is 13.2 Å². The summed E-state index contributed by atoms with van der Waals surface area (Å²) in [4.78, 5) is 0. The first-order valence-corrected chi connectivity index (χ1v) is 6.03. The zero-order valence-corrected chi connectivity index (χ0v) is 10.9. The van der Waals surface area contributed by atoms with Crippen molar-refractivity contribution in [1.29, 1.82) is 0 Å². The van der Waals surface area contributed by atoms with Gasteiger partial charge in [-0.05, 0) is 35.9 Å². The minimum absolute atomic E-state index is 0.229. The van der Waals surface area contributed by atoms with Crippen molar-refractivity contribution in [2.24, 2.45) is 0 Å². The van der Waals surface area contributed by atoms with E-state index < -0.39 is 6.36 Å². The summed E-state index contributed by atoms with van der Waals surface area (Å²) in [6, 6.07) is 12.4. The minimum Gasteiger partial charge on any atom is -0.489 e. The molecule has 106 valence electrons. The lowest BCUT2D eigenvalue weighted by molar-refractivity contribution is -0.274. The van der Waals surface area contributed by atoms with E-state index in [2.05, 4.69) is 4.74 Å². The maximum atomic E-state index is 12.0. The van der Waals surface area contributed by atoms with Crippen LogP contribution in [0, 0.1) is 0 Å². The standard InChI is InChI=1S/C14H10ClF3O2/c15-11-2-1-3-13(8-11)19-9-10-4-6-12(7-5-10)20-14(16,17)18/h1-8H,9H2. The van der Waals surface area contributed by atoms with Crippen molar-refractivity contribution in [3.8, 4) is 11.5 Å². The average Bonchev–Trinajstić information content (AvgIpc) is 2.36. The summed E-state index contributed by atoms with van der Waals surface area (Å²) >= 11 is 5.81. The molecule has 2 aromatic carbocycles. The molecule has 0 aliphatic carbocycles. The molecule has 0 aliphatic rings. The van der Waals surface area contributed by atoms with Gasteiger partial charge in [0, 0.05) is 5.02 Å². The Balaban J connectivity index is 1.94. The quantitative estimate of drug-likeness (QED) is 0.806. The van der Waals surface area contributed by atoms with E-state index in [1.165, 1.54) is 24.3 Å². The maximum absolute atomic E-state index is 12.0. The molecule has 0 aromatic heterocycles. The highest BCUT2D eigenvalue weighted by Crippen LogP contribution is 2.23. The summed E-state index contributed by atoms with van der Waals surface area (Å²) in [6.07, 6.45) is -4.68. The molecule has 0 saturated carbocycles. The summed E-state index contributed by atoms with van der Waals surface area (Å²) in [5, 5.41) is 0.552. The van der Waals surface area contributed by atoms with Gasteiger partial charge < -0.3 is 9.47 Å². The molecule has 0 fully saturated rings. The Morgan fingerprint density at radius 3 is 2.25 bits per heavy atom. The number of hydrogen-bond acceptors (Lipinski definition) is 2. The van der Waals surface area contributed by atoms with Gasteiger partial charge >= 0.3 is 6.36 Å². The van der Waals surface area contributed by atoms with Gasteiger partial charge in [-0.1, -0.05) is 29.8 Å². The van der Waals surface area contributed by atoms with Crippen LogP contribution >= 0.6 is 11.6 Å². The van der Waals surface area contributed by atoms with Gasteiger partial charge in [-0.15, -0.1) is 13.2 Å². The van der Waals surface area contributed by atoms with Crippen LogP contribution in [0.25, 0.3) is 0 Å². The zero-order valence-electron chi connectivity index (χ0n) is 10.2. The Morgan fingerprint density at radius 1 is 0.950 bits per heavy atom. The number of halogens is 4. The molecule has 0 saturated heterocycles. The molecule has 2 rings (SSSR count). The van der Waals surface area contributed by atoms with Gasteiger partial charge in [0.05, 0.1) is 0 Å². The second-order valence-electron chi connectivity index (χ2n) is 3.94. The van der Waals surface area contributed by atoms with Gasteiger partial charge in [0.25, 0.3) is 0 Å². The summed E-state index contributed by atoms with van der Waals surface area (Å²) in [5.41, 5.74) is 0.722. The van der Waals surface area contributed by atoms with Gasteiger partial charge in [-0.2, -0.15) is 0 Å². The first-order chi connectivity index (χ1) is 9.42. The molecule has 2 aromatic rings. The largest absolute Gasteiger partial charge is 0.573 e. The van der Waals surface area contributed by atoms with Crippen molar-refractivity contribution >= 4 is 11.6 Å². The minimum atomic E-state index is -4.68. The van der Waals surface area contributed by atoms with E-state index in [9.17, 15) is 13.2 Å². The van der Waals surface area contributed by atoms with Crippen molar-refractivity contribution in [2.45, 2.75) is 13.0 Å². The molecule has 0 aliphatic heterocycles. The molecule has 0 atom stereocenters. The predicted octanol–water partition coefficient (Wildman–Crippen LogP) is 4.82. The molecule has 0 spiro atoms. The van der Waals surface area contributed by atoms with E-state index in [4.69, 9.17) is 16.3 Å². The number of ether oxygens (including phenoxy) is 2. The monoisotopic (exact) mass is 302 g/mol. The molecule has 0 bridgehead atoms. The van der Waals surface area contributed by atoms with Crippen molar-refractivity contribution in [1.82, 2.24) is 0 Å². The zero-order chi connectivity index (χ0) is 14.6. The van der Waals surface area contributed by atoms with Crippen LogP contribution in [0.5, 0.6) is 11.5 Å². The Bertz CT molecular complexity index is 567. The SMILES string of the molecule is FC(F)(F)Oc1ccc(COc2cccc(Cl)c2)cc1. The lowest BCUT2D eigenvalue weighted by Crippen LogP contribution is -2.17. The van der Waals surface area contributed by atoms with E-state index >= 15 is 0 Å². The lowest BCUT2D eigenvalue weighted by atomic mass is 10.2. The Kier molecular flexibility index (Phi) is 4.39. The fourth-order valence-corrected chi connectivity index (χ4v) is 1.69. The second kappa shape index (κ2) is 6.05. The van der Waals surface area contributed by atoms with Gasteiger partial charge in [0.1, 0.15) is 18.1 Å². The molecular weight excluding hydrogens is 293 g/mol. The van der Waals surface area contributed by atoms with Crippen molar-refractivity contribution < 1.29 is 22.6 Å². The maximum Gasteiger partial charge on any atom is 0.573 e. The van der Waals surface area contributed by atoms with E-state index in [1.54, 1.807) is 24.3 Å². The predicted molar refractivity (Wildman–Crippen MR) is 68.9 cm³/mol. The Morgan fingerprint density at radius 2 is 1.65 bits per heavy atom. The van der Waals surface area contributed by atoms with Crippen LogP contribution in [0.2, 0.25) is 5.02 Å². The summed E-state index contributed by atoms with van der Waals surface area (Å²) < 4.78 is 45.2. The van der Waals surface area contributed by atoms with Gasteiger partial charge in [0.2, 0.25) is 0 Å². The van der Waals surface area contributed by atoms with E-state index in [-0.39, 0.29) is 12.4 Å². The third kappa shape index (κ3) is 4.66. The number of rotatable bonds is 4.